The summed E-state index contributed by atoms with van der Waals surface area (Å²) < 4.78 is 5.17. The molecule has 1 unspecified atom stereocenters. The minimum Gasteiger partial charge on any atom is -0.458 e. The molecular formula is C9H16N2O2. The molecule has 0 aromatic rings. The van der Waals surface area contributed by atoms with E-state index in [2.05, 4.69) is 4.99 Å². The van der Waals surface area contributed by atoms with E-state index in [0.29, 0.717) is 18.7 Å². The Hall–Kier alpha value is -1.06. The first-order valence-electron chi connectivity index (χ1n) is 4.43. The first-order valence-corrected chi connectivity index (χ1v) is 4.43. The second-order valence-electron chi connectivity index (χ2n) is 4.21. The third-order valence-electron chi connectivity index (χ3n) is 1.67. The van der Waals surface area contributed by atoms with Crippen LogP contribution in [0.1, 0.15) is 33.6 Å². The second kappa shape index (κ2) is 3.36. The molecule has 0 aromatic carbocycles. The largest absolute Gasteiger partial charge is 0.458 e. The summed E-state index contributed by atoms with van der Waals surface area (Å²) in [5, 5.41) is 0. The van der Waals surface area contributed by atoms with Crippen molar-refractivity contribution in [2.45, 2.75) is 45.3 Å². The summed E-state index contributed by atoms with van der Waals surface area (Å²) in [6, 6.07) is -0.376. The van der Waals surface area contributed by atoms with E-state index < -0.39 is 5.60 Å². The van der Waals surface area contributed by atoms with Crippen molar-refractivity contribution >= 4 is 11.8 Å². The lowest BCUT2D eigenvalue weighted by atomic mass is 10.1. The summed E-state index contributed by atoms with van der Waals surface area (Å²) >= 11 is 0. The average molecular weight is 184 g/mol. The number of rotatable bonds is 1. The van der Waals surface area contributed by atoms with E-state index in [1.807, 2.05) is 20.8 Å². The summed E-state index contributed by atoms with van der Waals surface area (Å²) in [6.07, 6.45) is 1.38. The van der Waals surface area contributed by atoms with Crippen molar-refractivity contribution in [1.29, 1.82) is 0 Å². The van der Waals surface area contributed by atoms with Gasteiger partial charge in [-0.1, -0.05) is 0 Å². The predicted octanol–water partition coefficient (Wildman–Crippen LogP) is 0.848. The van der Waals surface area contributed by atoms with Crippen molar-refractivity contribution in [3.8, 4) is 0 Å². The van der Waals surface area contributed by atoms with E-state index in [9.17, 15) is 4.79 Å². The maximum Gasteiger partial charge on any atom is 0.331 e. The van der Waals surface area contributed by atoms with Gasteiger partial charge in [0.05, 0.1) is 5.84 Å². The van der Waals surface area contributed by atoms with Gasteiger partial charge >= 0.3 is 5.97 Å². The predicted molar refractivity (Wildman–Crippen MR) is 50.5 cm³/mol. The zero-order valence-electron chi connectivity index (χ0n) is 8.33. The third-order valence-corrected chi connectivity index (χ3v) is 1.67. The molecule has 0 saturated heterocycles. The lowest BCUT2D eigenvalue weighted by molar-refractivity contribution is -0.156. The maximum absolute atomic E-state index is 11.4. The normalized spacial score (nSPS) is 22.7. The van der Waals surface area contributed by atoms with Crippen molar-refractivity contribution in [1.82, 2.24) is 0 Å². The monoisotopic (exact) mass is 184 g/mol. The lowest BCUT2D eigenvalue weighted by Gasteiger charge is -2.20. The van der Waals surface area contributed by atoms with E-state index >= 15 is 0 Å². The molecule has 1 aliphatic rings. The Balaban J connectivity index is 2.50. The van der Waals surface area contributed by atoms with E-state index in [4.69, 9.17) is 10.5 Å². The van der Waals surface area contributed by atoms with Crippen LogP contribution < -0.4 is 5.73 Å². The van der Waals surface area contributed by atoms with Gasteiger partial charge < -0.3 is 10.5 Å². The number of esters is 1. The Morgan fingerprint density at radius 3 is 2.62 bits per heavy atom. The van der Waals surface area contributed by atoms with Crippen LogP contribution in [0.2, 0.25) is 0 Å². The van der Waals surface area contributed by atoms with Crippen LogP contribution in [0, 0.1) is 0 Å². The van der Waals surface area contributed by atoms with Crippen LogP contribution in [-0.4, -0.2) is 23.4 Å². The lowest BCUT2D eigenvalue weighted by Crippen LogP contribution is -2.29. The molecule has 1 heterocycles. The molecular weight excluding hydrogens is 168 g/mol. The summed E-state index contributed by atoms with van der Waals surface area (Å²) in [5.74, 6) is 0.281. The summed E-state index contributed by atoms with van der Waals surface area (Å²) in [7, 11) is 0. The zero-order chi connectivity index (χ0) is 10.1. The highest BCUT2D eigenvalue weighted by atomic mass is 16.6. The number of nitrogens with two attached hydrogens (primary N) is 1. The Morgan fingerprint density at radius 1 is 1.62 bits per heavy atom. The van der Waals surface area contributed by atoms with Crippen LogP contribution in [0.25, 0.3) is 0 Å². The number of amidine groups is 1. The van der Waals surface area contributed by atoms with Gasteiger partial charge in [-0.2, -0.15) is 0 Å². The molecule has 13 heavy (non-hydrogen) atoms. The topological polar surface area (TPSA) is 64.7 Å². The van der Waals surface area contributed by atoms with E-state index in [1.165, 1.54) is 0 Å². The minimum atomic E-state index is -0.441. The molecule has 4 nitrogen and oxygen atoms in total. The molecule has 1 atom stereocenters. The number of aliphatic imine (C=N–C) groups is 1. The smallest absolute Gasteiger partial charge is 0.331 e. The molecule has 0 fully saturated rings. The van der Waals surface area contributed by atoms with Gasteiger partial charge in [-0.3, -0.25) is 4.99 Å². The number of nitrogens with zero attached hydrogens (tertiary/aromatic N) is 1. The SMILES string of the molecule is CC(C)(C)OC(=O)C1CCC(N)=N1. The van der Waals surface area contributed by atoms with Crippen molar-refractivity contribution in [3.05, 3.63) is 0 Å². The summed E-state index contributed by atoms with van der Waals surface area (Å²) in [5.41, 5.74) is 5.03. The number of hydrogen-bond acceptors (Lipinski definition) is 4. The number of hydrogen-bond donors (Lipinski definition) is 1. The molecule has 0 amide bonds. The molecule has 1 aliphatic heterocycles. The summed E-state index contributed by atoms with van der Waals surface area (Å²) in [4.78, 5) is 15.4. The zero-order valence-corrected chi connectivity index (χ0v) is 8.33. The van der Waals surface area contributed by atoms with Crippen LogP contribution in [0.15, 0.2) is 4.99 Å². The Bertz CT molecular complexity index is 240. The van der Waals surface area contributed by atoms with Gasteiger partial charge in [0, 0.05) is 6.42 Å². The highest BCUT2D eigenvalue weighted by Crippen LogP contribution is 2.16. The van der Waals surface area contributed by atoms with Gasteiger partial charge in [0.15, 0.2) is 0 Å². The van der Waals surface area contributed by atoms with Crippen molar-refractivity contribution in [2.24, 2.45) is 10.7 Å². The third kappa shape index (κ3) is 3.05. The van der Waals surface area contributed by atoms with Crippen LogP contribution in [0.4, 0.5) is 0 Å². The Labute approximate surface area is 78.2 Å². The van der Waals surface area contributed by atoms with Crippen LogP contribution in [0.5, 0.6) is 0 Å². The molecule has 0 bridgehead atoms. The number of carbonyl (C=O) groups excluding carboxylic acids is 1. The molecule has 1 rings (SSSR count). The second-order valence-corrected chi connectivity index (χ2v) is 4.21. The first-order chi connectivity index (χ1) is 5.88. The standard InChI is InChI=1S/C9H16N2O2/c1-9(2,3)13-8(12)6-4-5-7(10)11-6/h6H,4-5H2,1-3H3,(H2,10,11). The quantitative estimate of drug-likeness (QED) is 0.614. The molecule has 0 saturated carbocycles. The molecule has 2 N–H and O–H groups in total. The fourth-order valence-electron chi connectivity index (χ4n) is 1.15. The fraction of sp³-hybridized carbons (Fsp3) is 0.778. The van der Waals surface area contributed by atoms with Gasteiger partial charge in [-0.05, 0) is 27.2 Å². The van der Waals surface area contributed by atoms with Crippen molar-refractivity contribution < 1.29 is 9.53 Å². The van der Waals surface area contributed by atoms with Gasteiger partial charge in [0.25, 0.3) is 0 Å². The van der Waals surface area contributed by atoms with Gasteiger partial charge in [-0.25, -0.2) is 4.79 Å². The van der Waals surface area contributed by atoms with Crippen molar-refractivity contribution in [3.63, 3.8) is 0 Å². The Kier molecular flexibility index (Phi) is 2.59. The van der Waals surface area contributed by atoms with E-state index in [0.717, 1.165) is 0 Å². The highest BCUT2D eigenvalue weighted by Gasteiger charge is 2.27. The first kappa shape index (κ1) is 10.0. The highest BCUT2D eigenvalue weighted by molar-refractivity contribution is 5.88. The molecule has 0 aromatic heterocycles. The summed E-state index contributed by atoms with van der Waals surface area (Å²) in [6.45, 7) is 5.52. The van der Waals surface area contributed by atoms with Crippen LogP contribution in [0.3, 0.4) is 0 Å². The van der Waals surface area contributed by atoms with E-state index in [-0.39, 0.29) is 12.0 Å². The van der Waals surface area contributed by atoms with Crippen molar-refractivity contribution in [2.75, 3.05) is 0 Å². The molecule has 74 valence electrons. The maximum atomic E-state index is 11.4. The van der Waals surface area contributed by atoms with Gasteiger partial charge in [-0.15, -0.1) is 0 Å². The van der Waals surface area contributed by atoms with Gasteiger partial charge in [0.1, 0.15) is 11.6 Å². The molecule has 0 aliphatic carbocycles. The molecule has 0 spiro atoms. The molecule has 0 radical (unpaired) electrons. The fourth-order valence-corrected chi connectivity index (χ4v) is 1.15. The minimum absolute atomic E-state index is 0.270. The van der Waals surface area contributed by atoms with Crippen LogP contribution in [-0.2, 0) is 9.53 Å². The Morgan fingerprint density at radius 2 is 2.23 bits per heavy atom. The number of ether oxygens (including phenoxy) is 1. The number of carbonyl (C=O) groups is 1. The van der Waals surface area contributed by atoms with Gasteiger partial charge in [0.2, 0.25) is 0 Å². The average Bonchev–Trinajstić information content (AvgIpc) is 2.31. The van der Waals surface area contributed by atoms with E-state index in [1.54, 1.807) is 0 Å². The van der Waals surface area contributed by atoms with Crippen LogP contribution >= 0.6 is 0 Å². The molecule has 4 heteroatoms.